The van der Waals surface area contributed by atoms with Crippen LogP contribution in [0.2, 0.25) is 0 Å². The fourth-order valence-corrected chi connectivity index (χ4v) is 5.02. The molecule has 2 N–H and O–H groups in total. The van der Waals surface area contributed by atoms with E-state index >= 15 is 0 Å². The number of hydrogen-bond donors (Lipinski definition) is 2. The Morgan fingerprint density at radius 2 is 1.81 bits per heavy atom. The number of hydrogen-bond acceptors (Lipinski definition) is 6. The molecular formula is C27H31N3O6. The first-order valence-corrected chi connectivity index (χ1v) is 12.0. The fourth-order valence-electron chi connectivity index (χ4n) is 5.02. The summed E-state index contributed by atoms with van der Waals surface area (Å²) in [6.45, 7) is 3.93. The van der Waals surface area contributed by atoms with E-state index < -0.39 is 35.5 Å². The first-order chi connectivity index (χ1) is 17.2. The summed E-state index contributed by atoms with van der Waals surface area (Å²) >= 11 is 0. The zero-order valence-corrected chi connectivity index (χ0v) is 20.7. The number of para-hydroxylation sites is 1. The highest BCUT2D eigenvalue weighted by Crippen LogP contribution is 2.46. The van der Waals surface area contributed by atoms with E-state index in [1.807, 2.05) is 62.4 Å². The average Bonchev–Trinajstić information content (AvgIpc) is 3.40. The zero-order valence-electron chi connectivity index (χ0n) is 20.7. The molecule has 9 nitrogen and oxygen atoms in total. The van der Waals surface area contributed by atoms with Crippen molar-refractivity contribution in [1.29, 1.82) is 0 Å². The van der Waals surface area contributed by atoms with Gasteiger partial charge < -0.3 is 25.0 Å². The number of nitrogens with zero attached hydrogens (tertiary/aromatic N) is 1. The number of benzene rings is 2. The molecule has 9 heteroatoms. The maximum absolute atomic E-state index is 13.8. The Morgan fingerprint density at radius 1 is 1.11 bits per heavy atom. The highest BCUT2D eigenvalue weighted by atomic mass is 16.5. The van der Waals surface area contributed by atoms with Gasteiger partial charge in [-0.1, -0.05) is 62.4 Å². The summed E-state index contributed by atoms with van der Waals surface area (Å²) in [4.78, 5) is 53.7. The van der Waals surface area contributed by atoms with Crippen LogP contribution in [0.15, 0.2) is 54.6 Å². The smallest absolute Gasteiger partial charge is 0.408 e. The number of anilines is 1. The van der Waals surface area contributed by atoms with E-state index in [2.05, 4.69) is 10.6 Å². The van der Waals surface area contributed by atoms with Gasteiger partial charge in [0.2, 0.25) is 11.8 Å². The summed E-state index contributed by atoms with van der Waals surface area (Å²) in [5.41, 5.74) is 1.16. The Morgan fingerprint density at radius 3 is 2.50 bits per heavy atom. The van der Waals surface area contributed by atoms with Gasteiger partial charge in [-0.15, -0.1) is 0 Å². The number of carbonyl (C=O) groups is 4. The lowest BCUT2D eigenvalue weighted by atomic mass is 9.79. The molecule has 0 unspecified atom stereocenters. The van der Waals surface area contributed by atoms with Gasteiger partial charge in [0.05, 0.1) is 12.5 Å². The average molecular weight is 494 g/mol. The van der Waals surface area contributed by atoms with Gasteiger partial charge in [0.25, 0.3) is 0 Å². The van der Waals surface area contributed by atoms with Crippen LogP contribution in [0.25, 0.3) is 0 Å². The topological polar surface area (TPSA) is 114 Å². The Hall–Kier alpha value is -3.88. The molecule has 4 rings (SSSR count). The minimum absolute atomic E-state index is 0.00375. The van der Waals surface area contributed by atoms with Gasteiger partial charge in [-0.05, 0) is 36.0 Å². The van der Waals surface area contributed by atoms with Crippen LogP contribution >= 0.6 is 0 Å². The van der Waals surface area contributed by atoms with Gasteiger partial charge in [-0.25, -0.2) is 9.59 Å². The number of amides is 3. The number of methoxy groups -OCH3 is 1. The van der Waals surface area contributed by atoms with Crippen LogP contribution in [0.5, 0.6) is 0 Å². The van der Waals surface area contributed by atoms with E-state index in [0.717, 1.165) is 11.1 Å². The molecule has 2 aromatic rings. The second-order valence-electron chi connectivity index (χ2n) is 9.68. The lowest BCUT2D eigenvalue weighted by Crippen LogP contribution is -2.53. The predicted molar refractivity (Wildman–Crippen MR) is 132 cm³/mol. The van der Waals surface area contributed by atoms with Crippen molar-refractivity contribution in [3.05, 3.63) is 65.7 Å². The molecule has 0 radical (unpaired) electrons. The third kappa shape index (κ3) is 4.91. The summed E-state index contributed by atoms with van der Waals surface area (Å²) in [5, 5.41) is 5.55. The summed E-state index contributed by atoms with van der Waals surface area (Å²) < 4.78 is 10.3. The summed E-state index contributed by atoms with van der Waals surface area (Å²) in [6, 6.07) is 14.6. The van der Waals surface area contributed by atoms with Crippen molar-refractivity contribution in [2.45, 2.75) is 50.8 Å². The maximum Gasteiger partial charge on any atom is 0.408 e. The second kappa shape index (κ2) is 10.4. The standard InChI is InChI=1S/C27H31N3O6/c1-17(2)13-21(29-26(34)36-15-18-9-5-4-6-10-18)23(31)30-16-27(14-22(30)24(32)35-3)19-11-7-8-12-20(19)28-25(27)33/h4-12,17,21-22H,13-16H2,1-3H3,(H,28,33)(H,29,34)/t21-,22-,27-/m0/s1. The molecule has 36 heavy (non-hydrogen) atoms. The fraction of sp³-hybridized carbons (Fsp3) is 0.407. The van der Waals surface area contributed by atoms with Crippen molar-refractivity contribution in [2.24, 2.45) is 5.92 Å². The SMILES string of the molecule is COC(=O)[C@@H]1C[C@@]2(CN1C(=O)[C@H](CC(C)C)NC(=O)OCc1ccccc1)C(=O)Nc1ccccc12. The molecule has 1 spiro atoms. The predicted octanol–water partition coefficient (Wildman–Crippen LogP) is 2.99. The Labute approximate surface area is 210 Å². The first-order valence-electron chi connectivity index (χ1n) is 12.0. The highest BCUT2D eigenvalue weighted by Gasteiger charge is 2.58. The van der Waals surface area contributed by atoms with Crippen LogP contribution in [0.3, 0.4) is 0 Å². The Bertz CT molecular complexity index is 1150. The van der Waals surface area contributed by atoms with E-state index in [9.17, 15) is 19.2 Å². The van der Waals surface area contributed by atoms with E-state index in [0.29, 0.717) is 12.1 Å². The Kier molecular flexibility index (Phi) is 7.28. The van der Waals surface area contributed by atoms with E-state index in [1.54, 1.807) is 6.07 Å². The highest BCUT2D eigenvalue weighted by molar-refractivity contribution is 6.08. The van der Waals surface area contributed by atoms with Crippen LogP contribution in [0.1, 0.15) is 37.8 Å². The molecule has 190 valence electrons. The zero-order chi connectivity index (χ0) is 25.9. The van der Waals surface area contributed by atoms with Crippen LogP contribution in [-0.4, -0.2) is 54.5 Å². The molecule has 0 saturated carbocycles. The quantitative estimate of drug-likeness (QED) is 0.574. The minimum Gasteiger partial charge on any atom is -0.467 e. The van der Waals surface area contributed by atoms with Crippen molar-refractivity contribution < 1.29 is 28.7 Å². The first kappa shape index (κ1) is 25.2. The van der Waals surface area contributed by atoms with Gasteiger partial charge >= 0.3 is 12.1 Å². The molecule has 2 aliphatic rings. The third-order valence-electron chi connectivity index (χ3n) is 6.75. The number of fused-ring (bicyclic) bond motifs is 2. The Balaban J connectivity index is 1.56. The summed E-state index contributed by atoms with van der Waals surface area (Å²) in [5.74, 6) is -1.25. The minimum atomic E-state index is -1.07. The number of nitrogens with one attached hydrogen (secondary N) is 2. The number of likely N-dealkylation sites (tertiary alicyclic amines) is 1. The maximum atomic E-state index is 13.8. The second-order valence-corrected chi connectivity index (χ2v) is 9.68. The molecule has 2 aromatic carbocycles. The van der Waals surface area contributed by atoms with Crippen molar-refractivity contribution in [3.8, 4) is 0 Å². The van der Waals surface area contributed by atoms with Crippen molar-refractivity contribution in [2.75, 3.05) is 19.0 Å². The molecule has 3 amide bonds. The summed E-state index contributed by atoms with van der Waals surface area (Å²) in [7, 11) is 1.25. The lowest BCUT2D eigenvalue weighted by Gasteiger charge is -2.29. The largest absolute Gasteiger partial charge is 0.467 e. The van der Waals surface area contributed by atoms with Gasteiger partial charge in [-0.3, -0.25) is 9.59 Å². The lowest BCUT2D eigenvalue weighted by molar-refractivity contribution is -0.151. The van der Waals surface area contributed by atoms with Crippen LogP contribution in [0, 0.1) is 5.92 Å². The van der Waals surface area contributed by atoms with Crippen LogP contribution < -0.4 is 10.6 Å². The molecule has 3 atom stereocenters. The van der Waals surface area contributed by atoms with Gasteiger partial charge in [0, 0.05) is 12.2 Å². The van der Waals surface area contributed by atoms with Crippen LogP contribution in [0.4, 0.5) is 10.5 Å². The molecule has 0 bridgehead atoms. The van der Waals surface area contributed by atoms with E-state index in [1.165, 1.54) is 12.0 Å². The van der Waals surface area contributed by atoms with Crippen molar-refractivity contribution in [3.63, 3.8) is 0 Å². The van der Waals surface area contributed by atoms with Gasteiger partial charge in [-0.2, -0.15) is 0 Å². The number of rotatable bonds is 7. The van der Waals surface area contributed by atoms with Crippen molar-refractivity contribution >= 4 is 29.6 Å². The van der Waals surface area contributed by atoms with Crippen LogP contribution in [-0.2, 0) is 35.9 Å². The normalized spacial score (nSPS) is 21.2. The molecule has 1 fully saturated rings. The molecule has 0 aliphatic carbocycles. The number of carbonyl (C=O) groups excluding carboxylic acids is 4. The number of ether oxygens (including phenoxy) is 2. The third-order valence-corrected chi connectivity index (χ3v) is 6.75. The molecule has 0 aromatic heterocycles. The molecular weight excluding hydrogens is 462 g/mol. The number of alkyl carbamates (subject to hydrolysis) is 1. The van der Waals surface area contributed by atoms with E-state index in [4.69, 9.17) is 9.47 Å². The number of esters is 1. The van der Waals surface area contributed by atoms with Gasteiger partial charge in [0.1, 0.15) is 18.7 Å². The molecule has 1 saturated heterocycles. The monoisotopic (exact) mass is 493 g/mol. The summed E-state index contributed by atoms with van der Waals surface area (Å²) in [6.07, 6.45) is -0.300. The van der Waals surface area contributed by atoms with E-state index in [-0.39, 0.29) is 31.4 Å². The molecule has 2 heterocycles. The molecule has 2 aliphatic heterocycles. The van der Waals surface area contributed by atoms with Crippen molar-refractivity contribution in [1.82, 2.24) is 10.2 Å². The van der Waals surface area contributed by atoms with Gasteiger partial charge in [0.15, 0.2) is 0 Å².